The maximum atomic E-state index is 12.5. The average Bonchev–Trinajstić information content (AvgIpc) is 2.66. The van der Waals surface area contributed by atoms with Crippen molar-refractivity contribution in [2.45, 2.75) is 33.1 Å². The van der Waals surface area contributed by atoms with Crippen LogP contribution in [0.4, 0.5) is 0 Å². The summed E-state index contributed by atoms with van der Waals surface area (Å²) < 4.78 is 16.4. The minimum absolute atomic E-state index is 0.0720. The molecule has 0 aromatic heterocycles. The van der Waals surface area contributed by atoms with Crippen molar-refractivity contribution < 1.29 is 28.9 Å². The lowest BCUT2D eigenvalue weighted by molar-refractivity contribution is -0.154. The molecule has 2 N–H and O–H groups in total. The second kappa shape index (κ2) is 9.43. The van der Waals surface area contributed by atoms with Crippen LogP contribution in [-0.4, -0.2) is 50.0 Å². The van der Waals surface area contributed by atoms with Gasteiger partial charge in [-0.1, -0.05) is 6.92 Å². The Hall–Kier alpha value is -2.28. The molecule has 26 heavy (non-hydrogen) atoms. The highest BCUT2D eigenvalue weighted by Crippen LogP contribution is 2.31. The third-order valence-corrected chi connectivity index (χ3v) is 4.46. The van der Waals surface area contributed by atoms with Crippen molar-refractivity contribution in [2.75, 3.05) is 33.0 Å². The van der Waals surface area contributed by atoms with Gasteiger partial charge in [-0.2, -0.15) is 0 Å². The summed E-state index contributed by atoms with van der Waals surface area (Å²) in [5, 5.41) is 12.3. The van der Waals surface area contributed by atoms with Crippen molar-refractivity contribution in [3.63, 3.8) is 0 Å². The maximum Gasteiger partial charge on any atom is 0.311 e. The van der Waals surface area contributed by atoms with E-state index < -0.39 is 11.4 Å². The Kier molecular flexibility index (Phi) is 7.26. The Balaban J connectivity index is 2.08. The highest BCUT2D eigenvalue weighted by molar-refractivity contribution is 5.95. The lowest BCUT2D eigenvalue weighted by atomic mass is 9.80. The highest BCUT2D eigenvalue weighted by atomic mass is 16.5. The van der Waals surface area contributed by atoms with Gasteiger partial charge in [0.25, 0.3) is 5.91 Å². The third-order valence-electron chi connectivity index (χ3n) is 4.46. The van der Waals surface area contributed by atoms with Crippen LogP contribution in [0.25, 0.3) is 0 Å². The molecule has 0 saturated carbocycles. The molecule has 1 aliphatic heterocycles. The number of hydrogen-bond donors (Lipinski definition) is 2. The quantitative estimate of drug-likeness (QED) is 0.698. The lowest BCUT2D eigenvalue weighted by Crippen LogP contribution is -2.46. The summed E-state index contributed by atoms with van der Waals surface area (Å²) in [6.07, 6.45) is 1.64. The van der Waals surface area contributed by atoms with Crippen LogP contribution in [-0.2, 0) is 9.53 Å². The van der Waals surface area contributed by atoms with Crippen LogP contribution < -0.4 is 14.8 Å². The third kappa shape index (κ3) is 4.88. The van der Waals surface area contributed by atoms with Crippen molar-refractivity contribution in [1.29, 1.82) is 0 Å². The van der Waals surface area contributed by atoms with Crippen molar-refractivity contribution in [1.82, 2.24) is 5.32 Å². The fraction of sp³-hybridized carbons (Fsp3) is 0.579. The van der Waals surface area contributed by atoms with Crippen molar-refractivity contribution in [2.24, 2.45) is 5.41 Å². The Morgan fingerprint density at radius 1 is 1.19 bits per heavy atom. The number of carbonyl (C=O) groups excluding carboxylic acids is 1. The summed E-state index contributed by atoms with van der Waals surface area (Å²) in [6, 6.07) is 4.98. The van der Waals surface area contributed by atoms with Crippen LogP contribution >= 0.6 is 0 Å². The van der Waals surface area contributed by atoms with Gasteiger partial charge in [0.2, 0.25) is 0 Å². The number of hydrogen-bond acceptors (Lipinski definition) is 5. The standard InChI is InChI=1S/C19H27NO6/c1-3-9-26-15-6-5-14(12-16(15)25-4-2)17(21)20-13-19(18(22)23)7-10-24-11-8-19/h5-6,12H,3-4,7-11,13H2,1-2H3,(H,20,21)(H,22,23). The maximum absolute atomic E-state index is 12.5. The fourth-order valence-corrected chi connectivity index (χ4v) is 2.83. The molecular weight excluding hydrogens is 338 g/mol. The predicted molar refractivity (Wildman–Crippen MR) is 95.9 cm³/mol. The van der Waals surface area contributed by atoms with E-state index in [1.54, 1.807) is 18.2 Å². The molecule has 144 valence electrons. The summed E-state index contributed by atoms with van der Waals surface area (Å²) in [5.41, 5.74) is -0.564. The van der Waals surface area contributed by atoms with Gasteiger partial charge in [-0.15, -0.1) is 0 Å². The monoisotopic (exact) mass is 365 g/mol. The van der Waals surface area contributed by atoms with Gasteiger partial charge >= 0.3 is 5.97 Å². The van der Waals surface area contributed by atoms with Crippen LogP contribution in [0, 0.1) is 5.41 Å². The van der Waals surface area contributed by atoms with E-state index in [2.05, 4.69) is 5.32 Å². The van der Waals surface area contributed by atoms with Crippen molar-refractivity contribution in [3.8, 4) is 11.5 Å². The molecule has 1 amide bonds. The summed E-state index contributed by atoms with van der Waals surface area (Å²) >= 11 is 0. The molecule has 1 aliphatic rings. The molecular formula is C19H27NO6. The Labute approximate surface area is 153 Å². The molecule has 0 atom stereocenters. The van der Waals surface area contributed by atoms with E-state index in [4.69, 9.17) is 14.2 Å². The number of carboxylic acids is 1. The summed E-state index contributed by atoms with van der Waals surface area (Å²) in [7, 11) is 0. The van der Waals surface area contributed by atoms with E-state index in [0.29, 0.717) is 56.3 Å². The van der Waals surface area contributed by atoms with Crippen molar-refractivity contribution >= 4 is 11.9 Å². The number of ether oxygens (including phenoxy) is 3. The Morgan fingerprint density at radius 2 is 1.92 bits per heavy atom. The predicted octanol–water partition coefficient (Wildman–Crippen LogP) is 2.49. The largest absolute Gasteiger partial charge is 0.490 e. The Bertz CT molecular complexity index is 624. The van der Waals surface area contributed by atoms with Gasteiger partial charge in [0.05, 0.1) is 18.6 Å². The number of aliphatic carboxylic acids is 1. The molecule has 0 unspecified atom stereocenters. The second-order valence-electron chi connectivity index (χ2n) is 6.32. The van der Waals surface area contributed by atoms with Crippen molar-refractivity contribution in [3.05, 3.63) is 23.8 Å². The molecule has 0 radical (unpaired) electrons. The number of rotatable bonds is 9. The number of carbonyl (C=O) groups is 2. The van der Waals surface area contributed by atoms with Crippen LogP contribution in [0.2, 0.25) is 0 Å². The first-order valence-corrected chi connectivity index (χ1v) is 9.01. The topological polar surface area (TPSA) is 94.1 Å². The molecule has 1 fully saturated rings. The van der Waals surface area contributed by atoms with Gasteiger partial charge in [0, 0.05) is 25.3 Å². The second-order valence-corrected chi connectivity index (χ2v) is 6.32. The lowest BCUT2D eigenvalue weighted by Gasteiger charge is -2.33. The van der Waals surface area contributed by atoms with E-state index in [0.717, 1.165) is 6.42 Å². The molecule has 7 heteroatoms. The molecule has 1 aromatic carbocycles. The number of carboxylic acid groups (broad SMARTS) is 1. The average molecular weight is 365 g/mol. The van der Waals surface area contributed by atoms with E-state index in [9.17, 15) is 14.7 Å². The molecule has 1 aromatic rings. The van der Waals surface area contributed by atoms with Crippen LogP contribution in [0.3, 0.4) is 0 Å². The summed E-state index contributed by atoms with van der Waals surface area (Å²) in [5.74, 6) is -0.135. The van der Waals surface area contributed by atoms with Gasteiger partial charge < -0.3 is 24.6 Å². The van der Waals surface area contributed by atoms with Gasteiger partial charge in [0.15, 0.2) is 11.5 Å². The Morgan fingerprint density at radius 3 is 2.54 bits per heavy atom. The molecule has 0 bridgehead atoms. The van der Waals surface area contributed by atoms with E-state index in [1.165, 1.54) is 0 Å². The van der Waals surface area contributed by atoms with E-state index >= 15 is 0 Å². The molecule has 1 saturated heterocycles. The zero-order chi connectivity index (χ0) is 19.0. The summed E-state index contributed by atoms with van der Waals surface area (Å²) in [4.78, 5) is 24.2. The normalized spacial score (nSPS) is 15.9. The smallest absolute Gasteiger partial charge is 0.311 e. The number of amides is 1. The molecule has 2 rings (SSSR count). The zero-order valence-corrected chi connectivity index (χ0v) is 15.4. The van der Waals surface area contributed by atoms with Crippen LogP contribution in [0.1, 0.15) is 43.5 Å². The molecule has 0 aliphatic carbocycles. The first-order valence-electron chi connectivity index (χ1n) is 9.01. The summed E-state index contributed by atoms with van der Waals surface area (Å²) in [6.45, 7) is 5.74. The van der Waals surface area contributed by atoms with E-state index in [1.807, 2.05) is 13.8 Å². The fourth-order valence-electron chi connectivity index (χ4n) is 2.83. The number of nitrogens with one attached hydrogen (secondary N) is 1. The molecule has 7 nitrogen and oxygen atoms in total. The first-order chi connectivity index (χ1) is 12.5. The first kappa shape index (κ1) is 20.0. The van der Waals surface area contributed by atoms with Crippen LogP contribution in [0.5, 0.6) is 11.5 Å². The molecule has 1 heterocycles. The number of benzene rings is 1. The molecule has 0 spiro atoms. The zero-order valence-electron chi connectivity index (χ0n) is 15.4. The minimum Gasteiger partial charge on any atom is -0.490 e. The van der Waals surface area contributed by atoms with Gasteiger partial charge in [-0.25, -0.2) is 0 Å². The SMILES string of the molecule is CCCOc1ccc(C(=O)NCC2(C(=O)O)CCOCC2)cc1OCC. The van der Waals surface area contributed by atoms with E-state index in [-0.39, 0.29) is 12.5 Å². The van der Waals surface area contributed by atoms with Gasteiger partial charge in [-0.05, 0) is 44.4 Å². The minimum atomic E-state index is -0.971. The van der Waals surface area contributed by atoms with Gasteiger partial charge in [-0.3, -0.25) is 9.59 Å². The highest BCUT2D eigenvalue weighted by Gasteiger charge is 2.40. The van der Waals surface area contributed by atoms with Gasteiger partial charge in [0.1, 0.15) is 0 Å². The van der Waals surface area contributed by atoms with Crippen LogP contribution in [0.15, 0.2) is 18.2 Å².